The number of anilines is 1. The number of benzene rings is 1. The first-order chi connectivity index (χ1) is 15.7. The van der Waals surface area contributed by atoms with Crippen LogP contribution in [-0.4, -0.2) is 48.1 Å². The monoisotopic (exact) mass is 428 g/mol. The number of pyridine rings is 1. The van der Waals surface area contributed by atoms with Crippen molar-refractivity contribution in [3.8, 4) is 17.3 Å². The lowest BCUT2D eigenvalue weighted by Crippen LogP contribution is -2.54. The highest BCUT2D eigenvalue weighted by molar-refractivity contribution is 5.92. The Morgan fingerprint density at radius 2 is 2.00 bits per heavy atom. The summed E-state index contributed by atoms with van der Waals surface area (Å²) in [6.45, 7) is 4.81. The zero-order chi connectivity index (χ0) is 22.1. The molecule has 0 bridgehead atoms. The van der Waals surface area contributed by atoms with E-state index in [4.69, 9.17) is 14.1 Å². The Kier molecular flexibility index (Phi) is 5.38. The minimum atomic E-state index is -0.108. The summed E-state index contributed by atoms with van der Waals surface area (Å²) >= 11 is 0. The summed E-state index contributed by atoms with van der Waals surface area (Å²) in [7, 11) is 0. The van der Waals surface area contributed by atoms with E-state index in [1.807, 2.05) is 42.2 Å². The van der Waals surface area contributed by atoms with Crippen LogP contribution in [0.25, 0.3) is 11.3 Å². The molecular formula is C25H24N4O3. The Balaban J connectivity index is 1.51. The molecule has 7 heteroatoms. The van der Waals surface area contributed by atoms with Crippen molar-refractivity contribution in [1.82, 2.24) is 9.88 Å². The maximum Gasteiger partial charge on any atom is 0.289 e. The first-order valence-electron chi connectivity index (χ1n) is 10.9. The molecule has 32 heavy (non-hydrogen) atoms. The topological polar surface area (TPSA) is 82.6 Å². The molecule has 1 unspecified atom stereocenters. The van der Waals surface area contributed by atoms with E-state index in [-0.39, 0.29) is 11.9 Å². The molecule has 1 fully saturated rings. The second-order valence-corrected chi connectivity index (χ2v) is 8.17. The second kappa shape index (κ2) is 8.48. The van der Waals surface area contributed by atoms with Crippen molar-refractivity contribution < 1.29 is 13.9 Å². The van der Waals surface area contributed by atoms with Gasteiger partial charge in [0.25, 0.3) is 5.91 Å². The molecule has 162 valence electrons. The molecule has 4 heterocycles. The van der Waals surface area contributed by atoms with E-state index in [0.717, 1.165) is 22.4 Å². The highest BCUT2D eigenvalue weighted by Crippen LogP contribution is 2.35. The normalized spacial score (nSPS) is 18.2. The van der Waals surface area contributed by atoms with Crippen molar-refractivity contribution in [1.29, 1.82) is 5.26 Å². The number of ether oxygens (including phenoxy) is 1. The van der Waals surface area contributed by atoms with Crippen LogP contribution in [-0.2, 0) is 17.8 Å². The maximum atomic E-state index is 12.8. The average molecular weight is 428 g/mol. The van der Waals surface area contributed by atoms with E-state index < -0.39 is 0 Å². The first kappa shape index (κ1) is 20.3. The van der Waals surface area contributed by atoms with E-state index in [1.54, 1.807) is 12.1 Å². The lowest BCUT2D eigenvalue weighted by atomic mass is 9.93. The minimum absolute atomic E-state index is 0.0470. The number of furan rings is 1. The van der Waals surface area contributed by atoms with Crippen LogP contribution < -0.4 is 4.90 Å². The number of piperazine rings is 1. The van der Waals surface area contributed by atoms with Gasteiger partial charge in [0.15, 0.2) is 5.76 Å². The van der Waals surface area contributed by atoms with Gasteiger partial charge in [0, 0.05) is 36.8 Å². The van der Waals surface area contributed by atoms with Gasteiger partial charge in [-0.25, -0.2) is 4.98 Å². The van der Waals surface area contributed by atoms with Crippen LogP contribution in [0.5, 0.6) is 0 Å². The molecule has 5 rings (SSSR count). The standard InChI is InChI=1S/C25H24N4O3/c1-17-15-28(10-11-29(17)25(30)22-8-5-12-32-22)24-20(14-26)19-9-13-31-16-21(19)23(27-24)18-6-3-2-4-7-18/h2-8,12,17H,9-11,13,15-16H2,1H3. The van der Waals surface area contributed by atoms with Gasteiger partial charge in [-0.3, -0.25) is 4.79 Å². The van der Waals surface area contributed by atoms with Crippen LogP contribution >= 0.6 is 0 Å². The zero-order valence-electron chi connectivity index (χ0n) is 18.0. The Labute approximate surface area is 186 Å². The van der Waals surface area contributed by atoms with Gasteiger partial charge in [0.05, 0.1) is 30.7 Å². The molecule has 0 N–H and O–H groups in total. The fourth-order valence-corrected chi connectivity index (χ4v) is 4.61. The molecule has 0 spiro atoms. The fourth-order valence-electron chi connectivity index (χ4n) is 4.61. The van der Waals surface area contributed by atoms with Gasteiger partial charge in [-0.15, -0.1) is 0 Å². The molecule has 2 aliphatic heterocycles. The number of rotatable bonds is 3. The molecule has 0 aliphatic carbocycles. The van der Waals surface area contributed by atoms with Crippen molar-refractivity contribution in [2.24, 2.45) is 0 Å². The highest BCUT2D eigenvalue weighted by Gasteiger charge is 2.33. The van der Waals surface area contributed by atoms with E-state index in [2.05, 4.69) is 11.0 Å². The Hall–Kier alpha value is -3.63. The molecule has 0 saturated carbocycles. The SMILES string of the molecule is CC1CN(c2nc(-c3ccccc3)c3c(c2C#N)CCOC3)CCN1C(=O)c1ccco1. The summed E-state index contributed by atoms with van der Waals surface area (Å²) < 4.78 is 11.0. The van der Waals surface area contributed by atoms with E-state index in [0.29, 0.717) is 56.4 Å². The van der Waals surface area contributed by atoms with Crippen molar-refractivity contribution in [3.05, 3.63) is 71.2 Å². The Morgan fingerprint density at radius 1 is 1.16 bits per heavy atom. The molecule has 2 aliphatic rings. The average Bonchev–Trinajstić information content (AvgIpc) is 3.38. The number of carbonyl (C=O) groups excluding carboxylic acids is 1. The lowest BCUT2D eigenvalue weighted by molar-refractivity contribution is 0.0641. The minimum Gasteiger partial charge on any atom is -0.459 e. The first-order valence-corrected chi connectivity index (χ1v) is 10.9. The van der Waals surface area contributed by atoms with Gasteiger partial charge in [-0.05, 0) is 31.0 Å². The summed E-state index contributed by atoms with van der Waals surface area (Å²) in [5, 5.41) is 10.1. The smallest absolute Gasteiger partial charge is 0.289 e. The van der Waals surface area contributed by atoms with Gasteiger partial charge in [0.1, 0.15) is 11.9 Å². The van der Waals surface area contributed by atoms with Crippen LogP contribution in [0.15, 0.2) is 53.1 Å². The molecule has 0 radical (unpaired) electrons. The number of aromatic nitrogens is 1. The van der Waals surface area contributed by atoms with E-state index >= 15 is 0 Å². The Bertz CT molecular complexity index is 1170. The largest absolute Gasteiger partial charge is 0.459 e. The van der Waals surface area contributed by atoms with Crippen LogP contribution in [0.1, 0.15) is 34.2 Å². The fraction of sp³-hybridized carbons (Fsp3) is 0.320. The zero-order valence-corrected chi connectivity index (χ0v) is 18.0. The van der Waals surface area contributed by atoms with E-state index in [1.165, 1.54) is 6.26 Å². The second-order valence-electron chi connectivity index (χ2n) is 8.17. The maximum absolute atomic E-state index is 12.8. The van der Waals surface area contributed by atoms with Gasteiger partial charge in [-0.2, -0.15) is 5.26 Å². The predicted molar refractivity (Wildman–Crippen MR) is 119 cm³/mol. The molecular weight excluding hydrogens is 404 g/mol. The number of fused-ring (bicyclic) bond motifs is 1. The molecule has 3 aromatic rings. The predicted octanol–water partition coefficient (Wildman–Crippen LogP) is 3.64. The molecule has 1 atom stereocenters. The molecule has 1 amide bonds. The lowest BCUT2D eigenvalue weighted by Gasteiger charge is -2.40. The molecule has 7 nitrogen and oxygen atoms in total. The quantitative estimate of drug-likeness (QED) is 0.634. The third kappa shape index (κ3) is 3.53. The van der Waals surface area contributed by atoms with Crippen molar-refractivity contribution in [3.63, 3.8) is 0 Å². The van der Waals surface area contributed by atoms with Crippen LogP contribution in [0.4, 0.5) is 5.82 Å². The summed E-state index contributed by atoms with van der Waals surface area (Å²) in [4.78, 5) is 21.8. The van der Waals surface area contributed by atoms with Gasteiger partial charge in [0.2, 0.25) is 0 Å². The summed E-state index contributed by atoms with van der Waals surface area (Å²) in [5.41, 5.74) is 4.54. The number of nitriles is 1. The third-order valence-corrected chi connectivity index (χ3v) is 6.21. The highest BCUT2D eigenvalue weighted by atomic mass is 16.5. The van der Waals surface area contributed by atoms with E-state index in [9.17, 15) is 10.1 Å². The number of hydrogen-bond acceptors (Lipinski definition) is 6. The molecule has 2 aromatic heterocycles. The molecule has 1 saturated heterocycles. The van der Waals surface area contributed by atoms with Gasteiger partial charge < -0.3 is 19.0 Å². The summed E-state index contributed by atoms with van der Waals surface area (Å²) in [6.07, 6.45) is 2.21. The molecule has 1 aromatic carbocycles. The van der Waals surface area contributed by atoms with Gasteiger partial charge in [-0.1, -0.05) is 30.3 Å². The summed E-state index contributed by atoms with van der Waals surface area (Å²) in [5.74, 6) is 0.938. The van der Waals surface area contributed by atoms with Crippen molar-refractivity contribution >= 4 is 11.7 Å². The van der Waals surface area contributed by atoms with Gasteiger partial charge >= 0.3 is 0 Å². The third-order valence-electron chi connectivity index (χ3n) is 6.21. The van der Waals surface area contributed by atoms with Crippen LogP contribution in [0, 0.1) is 11.3 Å². The number of amides is 1. The van der Waals surface area contributed by atoms with Crippen LogP contribution in [0.2, 0.25) is 0 Å². The number of hydrogen-bond donors (Lipinski definition) is 0. The number of nitrogens with zero attached hydrogens (tertiary/aromatic N) is 4. The van der Waals surface area contributed by atoms with Crippen molar-refractivity contribution in [2.45, 2.75) is 26.0 Å². The van der Waals surface area contributed by atoms with Crippen molar-refractivity contribution in [2.75, 3.05) is 31.1 Å². The Morgan fingerprint density at radius 3 is 2.72 bits per heavy atom. The number of carbonyl (C=O) groups is 1. The van der Waals surface area contributed by atoms with Crippen LogP contribution in [0.3, 0.4) is 0 Å². The summed E-state index contributed by atoms with van der Waals surface area (Å²) in [6, 6.07) is 15.8.